The highest BCUT2D eigenvalue weighted by Gasteiger charge is 2.30. The molecule has 5 nitrogen and oxygen atoms in total. The highest BCUT2D eigenvalue weighted by Crippen LogP contribution is 2.30. The standard InChI is InChI=1S/C17H25N5S/c1-2-5-16(22-10-3-8-19-22)15(4-1)20-14-6-11-21(12-7-14)17-18-9-13-23-17/h3,8-10,13-16,20H,1-2,4-7,11-12H2/t15-,16-/m1/s1. The van der Waals surface area contributed by atoms with Crippen LogP contribution in [0.2, 0.25) is 0 Å². The van der Waals surface area contributed by atoms with Gasteiger partial charge in [-0.3, -0.25) is 4.68 Å². The van der Waals surface area contributed by atoms with Crippen molar-refractivity contribution in [3.8, 4) is 0 Å². The molecule has 0 spiro atoms. The van der Waals surface area contributed by atoms with Crippen LogP contribution in [-0.4, -0.2) is 39.9 Å². The van der Waals surface area contributed by atoms with E-state index in [2.05, 4.69) is 36.6 Å². The van der Waals surface area contributed by atoms with Crippen LogP contribution in [-0.2, 0) is 0 Å². The maximum atomic E-state index is 4.49. The lowest BCUT2D eigenvalue weighted by Crippen LogP contribution is -2.49. The van der Waals surface area contributed by atoms with Gasteiger partial charge in [0.1, 0.15) is 0 Å². The second kappa shape index (κ2) is 7.01. The molecule has 2 atom stereocenters. The van der Waals surface area contributed by atoms with Crippen LogP contribution in [0.5, 0.6) is 0 Å². The lowest BCUT2D eigenvalue weighted by atomic mass is 9.89. The Hall–Kier alpha value is -1.40. The Kier molecular flexibility index (Phi) is 4.62. The van der Waals surface area contributed by atoms with Crippen LogP contribution in [0.25, 0.3) is 0 Å². The normalized spacial score (nSPS) is 26.5. The van der Waals surface area contributed by atoms with E-state index in [9.17, 15) is 0 Å². The molecular formula is C17H25N5S. The van der Waals surface area contributed by atoms with Gasteiger partial charge in [-0.15, -0.1) is 11.3 Å². The van der Waals surface area contributed by atoms with Gasteiger partial charge in [0.2, 0.25) is 0 Å². The van der Waals surface area contributed by atoms with E-state index in [1.54, 1.807) is 11.3 Å². The van der Waals surface area contributed by atoms with Crippen molar-refractivity contribution >= 4 is 16.5 Å². The highest BCUT2D eigenvalue weighted by atomic mass is 32.1. The fourth-order valence-corrected chi connectivity index (χ4v) is 4.71. The van der Waals surface area contributed by atoms with Gasteiger partial charge in [-0.25, -0.2) is 4.98 Å². The van der Waals surface area contributed by atoms with Crippen LogP contribution in [0, 0.1) is 0 Å². The molecule has 4 rings (SSSR count). The fraction of sp³-hybridized carbons (Fsp3) is 0.647. The summed E-state index contributed by atoms with van der Waals surface area (Å²) in [5.74, 6) is 0. The summed E-state index contributed by atoms with van der Waals surface area (Å²) in [6.07, 6.45) is 13.5. The summed E-state index contributed by atoms with van der Waals surface area (Å²) in [5, 5.41) is 11.7. The second-order valence-corrected chi connectivity index (χ2v) is 7.56. The van der Waals surface area contributed by atoms with Crippen molar-refractivity contribution in [2.24, 2.45) is 0 Å². The topological polar surface area (TPSA) is 46.0 Å². The summed E-state index contributed by atoms with van der Waals surface area (Å²) in [5.41, 5.74) is 0. The summed E-state index contributed by atoms with van der Waals surface area (Å²) in [6.45, 7) is 2.23. The minimum absolute atomic E-state index is 0.524. The summed E-state index contributed by atoms with van der Waals surface area (Å²) in [7, 11) is 0. The number of piperidine rings is 1. The van der Waals surface area contributed by atoms with Crippen LogP contribution < -0.4 is 10.2 Å². The number of anilines is 1. The first-order chi connectivity index (χ1) is 11.4. The Labute approximate surface area is 141 Å². The molecule has 2 aromatic heterocycles. The van der Waals surface area contributed by atoms with Gasteiger partial charge in [0, 0.05) is 49.1 Å². The Morgan fingerprint density at radius 2 is 1.96 bits per heavy atom. The highest BCUT2D eigenvalue weighted by molar-refractivity contribution is 7.13. The Morgan fingerprint density at radius 3 is 2.70 bits per heavy atom. The maximum Gasteiger partial charge on any atom is 0.185 e. The van der Waals surface area contributed by atoms with Gasteiger partial charge in [-0.1, -0.05) is 12.8 Å². The average molecular weight is 331 g/mol. The molecule has 1 saturated heterocycles. The first-order valence-electron chi connectivity index (χ1n) is 8.80. The molecule has 0 aromatic carbocycles. The van der Waals surface area contributed by atoms with Gasteiger partial charge in [-0.2, -0.15) is 5.10 Å². The predicted molar refractivity (Wildman–Crippen MR) is 94.0 cm³/mol. The number of aromatic nitrogens is 3. The average Bonchev–Trinajstić information content (AvgIpc) is 3.30. The van der Waals surface area contributed by atoms with Crippen molar-refractivity contribution in [2.75, 3.05) is 18.0 Å². The first kappa shape index (κ1) is 15.1. The van der Waals surface area contributed by atoms with Crippen LogP contribution in [0.1, 0.15) is 44.6 Å². The molecule has 2 aromatic rings. The van der Waals surface area contributed by atoms with Crippen LogP contribution in [0.15, 0.2) is 30.0 Å². The molecule has 2 fully saturated rings. The third-order valence-electron chi connectivity index (χ3n) is 5.23. The van der Waals surface area contributed by atoms with E-state index in [0.717, 1.165) is 13.1 Å². The van der Waals surface area contributed by atoms with Crippen LogP contribution in [0.3, 0.4) is 0 Å². The van der Waals surface area contributed by atoms with E-state index in [-0.39, 0.29) is 0 Å². The summed E-state index contributed by atoms with van der Waals surface area (Å²) in [4.78, 5) is 6.86. The quantitative estimate of drug-likeness (QED) is 0.935. The second-order valence-electron chi connectivity index (χ2n) is 6.69. The van der Waals surface area contributed by atoms with Crippen LogP contribution in [0.4, 0.5) is 5.13 Å². The molecule has 1 saturated carbocycles. The van der Waals surface area contributed by atoms with Gasteiger partial charge in [0.15, 0.2) is 5.13 Å². The molecule has 0 bridgehead atoms. The lowest BCUT2D eigenvalue weighted by molar-refractivity contribution is 0.219. The molecule has 0 radical (unpaired) electrons. The van der Waals surface area contributed by atoms with Gasteiger partial charge < -0.3 is 10.2 Å². The molecule has 2 aliphatic rings. The van der Waals surface area contributed by atoms with Crippen molar-refractivity contribution < 1.29 is 0 Å². The monoisotopic (exact) mass is 331 g/mol. The molecule has 3 heterocycles. The third kappa shape index (κ3) is 3.43. The molecule has 1 N–H and O–H groups in total. The van der Waals surface area contributed by atoms with Gasteiger partial charge in [-0.05, 0) is 31.7 Å². The molecule has 6 heteroatoms. The zero-order valence-corrected chi connectivity index (χ0v) is 14.3. The molecule has 23 heavy (non-hydrogen) atoms. The van der Waals surface area contributed by atoms with E-state index in [0.29, 0.717) is 18.1 Å². The summed E-state index contributed by atoms with van der Waals surface area (Å²) >= 11 is 1.75. The van der Waals surface area contributed by atoms with Crippen molar-refractivity contribution in [1.29, 1.82) is 0 Å². The van der Waals surface area contributed by atoms with Crippen molar-refractivity contribution in [3.05, 3.63) is 30.0 Å². The Balaban J connectivity index is 1.34. The summed E-state index contributed by atoms with van der Waals surface area (Å²) < 4.78 is 2.17. The minimum Gasteiger partial charge on any atom is -0.348 e. The van der Waals surface area contributed by atoms with E-state index >= 15 is 0 Å². The minimum atomic E-state index is 0.524. The molecule has 1 aliphatic carbocycles. The fourth-order valence-electron chi connectivity index (χ4n) is 4.01. The molecule has 1 aliphatic heterocycles. The lowest BCUT2D eigenvalue weighted by Gasteiger charge is -2.38. The van der Waals surface area contributed by atoms with E-state index < -0.39 is 0 Å². The molecule has 0 unspecified atom stereocenters. The number of nitrogens with one attached hydrogen (secondary N) is 1. The van der Waals surface area contributed by atoms with Gasteiger partial charge in [0.05, 0.1) is 6.04 Å². The largest absolute Gasteiger partial charge is 0.348 e. The van der Waals surface area contributed by atoms with Crippen molar-refractivity contribution in [2.45, 2.75) is 56.7 Å². The van der Waals surface area contributed by atoms with Crippen LogP contribution >= 0.6 is 11.3 Å². The smallest absolute Gasteiger partial charge is 0.185 e. The Morgan fingerprint density at radius 1 is 1.09 bits per heavy atom. The zero-order chi connectivity index (χ0) is 15.5. The van der Waals surface area contributed by atoms with Gasteiger partial charge in [0.25, 0.3) is 0 Å². The third-order valence-corrected chi connectivity index (χ3v) is 6.06. The van der Waals surface area contributed by atoms with E-state index in [1.807, 2.05) is 18.5 Å². The summed E-state index contributed by atoms with van der Waals surface area (Å²) in [6, 6.07) is 3.77. The molecule has 0 amide bonds. The van der Waals surface area contributed by atoms with E-state index in [4.69, 9.17) is 0 Å². The number of rotatable bonds is 4. The molecular weight excluding hydrogens is 306 g/mol. The Bertz CT molecular complexity index is 574. The van der Waals surface area contributed by atoms with Crippen molar-refractivity contribution in [3.63, 3.8) is 0 Å². The zero-order valence-electron chi connectivity index (χ0n) is 13.5. The maximum absolute atomic E-state index is 4.49. The number of hydrogen-bond donors (Lipinski definition) is 1. The SMILES string of the molecule is c1cnn([C@@H]2CCCC[C@H]2NC2CCN(c3nccs3)CC2)c1. The number of hydrogen-bond acceptors (Lipinski definition) is 5. The predicted octanol–water partition coefficient (Wildman–Crippen LogP) is 3.08. The van der Waals surface area contributed by atoms with E-state index in [1.165, 1.54) is 43.7 Å². The number of thiazole rings is 1. The molecule has 124 valence electrons. The van der Waals surface area contributed by atoms with Crippen molar-refractivity contribution in [1.82, 2.24) is 20.1 Å². The number of nitrogens with zero attached hydrogens (tertiary/aromatic N) is 4. The van der Waals surface area contributed by atoms with Gasteiger partial charge >= 0.3 is 0 Å². The first-order valence-corrected chi connectivity index (χ1v) is 9.68.